The van der Waals surface area contributed by atoms with Crippen LogP contribution in [0.25, 0.3) is 11.0 Å². The lowest BCUT2D eigenvalue weighted by Gasteiger charge is -2.12. The van der Waals surface area contributed by atoms with Gasteiger partial charge in [-0.05, 0) is 60.7 Å². The lowest BCUT2D eigenvalue weighted by atomic mass is 10.0. The van der Waals surface area contributed by atoms with Gasteiger partial charge in [0.15, 0.2) is 0 Å². The molecular formula is C28H30ClN3O2. The molecule has 0 saturated heterocycles. The van der Waals surface area contributed by atoms with Gasteiger partial charge in [0.2, 0.25) is 0 Å². The summed E-state index contributed by atoms with van der Waals surface area (Å²) in [5, 5.41) is 3.40. The first-order valence-corrected chi connectivity index (χ1v) is 12.1. The van der Waals surface area contributed by atoms with Crippen LogP contribution in [0.5, 0.6) is 5.75 Å². The van der Waals surface area contributed by atoms with Crippen molar-refractivity contribution in [1.29, 1.82) is 0 Å². The molecule has 3 aromatic carbocycles. The quantitative estimate of drug-likeness (QED) is 0.263. The van der Waals surface area contributed by atoms with E-state index in [4.69, 9.17) is 21.3 Å². The molecule has 4 aromatic rings. The van der Waals surface area contributed by atoms with Crippen molar-refractivity contribution in [3.63, 3.8) is 0 Å². The third-order valence-corrected chi connectivity index (χ3v) is 6.18. The van der Waals surface area contributed by atoms with Gasteiger partial charge in [0.05, 0.1) is 34.8 Å². The summed E-state index contributed by atoms with van der Waals surface area (Å²) in [4.78, 5) is 17.4. The predicted octanol–water partition coefficient (Wildman–Crippen LogP) is 6.60. The SMILES string of the molecule is CC(C)c1ccc(OCCCCn2c(CNC(=O)c3ccccc3Cl)nc3ccccc32)cc1. The molecule has 0 radical (unpaired) electrons. The first kappa shape index (κ1) is 23.8. The van der Waals surface area contributed by atoms with Crippen LogP contribution in [0.4, 0.5) is 0 Å². The van der Waals surface area contributed by atoms with E-state index in [1.54, 1.807) is 18.2 Å². The summed E-state index contributed by atoms with van der Waals surface area (Å²) in [7, 11) is 0. The average molecular weight is 476 g/mol. The summed E-state index contributed by atoms with van der Waals surface area (Å²) in [6, 6.07) is 23.4. The van der Waals surface area contributed by atoms with Crippen LogP contribution in [-0.2, 0) is 13.1 Å². The van der Waals surface area contributed by atoms with Gasteiger partial charge in [-0.25, -0.2) is 4.98 Å². The molecule has 1 heterocycles. The Bertz CT molecular complexity index is 1250. The van der Waals surface area contributed by atoms with Crippen molar-refractivity contribution in [2.45, 2.75) is 45.7 Å². The van der Waals surface area contributed by atoms with E-state index in [0.717, 1.165) is 42.0 Å². The minimum atomic E-state index is -0.207. The highest BCUT2D eigenvalue weighted by Crippen LogP contribution is 2.20. The molecule has 5 nitrogen and oxygen atoms in total. The van der Waals surface area contributed by atoms with Crippen molar-refractivity contribution in [3.8, 4) is 5.75 Å². The van der Waals surface area contributed by atoms with Gasteiger partial charge in [0.25, 0.3) is 5.91 Å². The maximum atomic E-state index is 12.6. The van der Waals surface area contributed by atoms with Crippen molar-refractivity contribution in [2.24, 2.45) is 0 Å². The number of carbonyl (C=O) groups excluding carboxylic acids is 1. The number of unbranched alkanes of at least 4 members (excludes halogenated alkanes) is 1. The normalized spacial score (nSPS) is 11.2. The van der Waals surface area contributed by atoms with Crippen LogP contribution in [0.15, 0.2) is 72.8 Å². The molecule has 0 bridgehead atoms. The number of carbonyl (C=O) groups is 1. The van der Waals surface area contributed by atoms with E-state index in [9.17, 15) is 4.79 Å². The number of imidazole rings is 1. The topological polar surface area (TPSA) is 56.1 Å². The van der Waals surface area contributed by atoms with Crippen molar-refractivity contribution < 1.29 is 9.53 Å². The summed E-state index contributed by atoms with van der Waals surface area (Å²) in [5.41, 5.74) is 3.76. The number of aryl methyl sites for hydroxylation is 1. The highest BCUT2D eigenvalue weighted by atomic mass is 35.5. The molecule has 0 unspecified atom stereocenters. The van der Waals surface area contributed by atoms with E-state index in [-0.39, 0.29) is 5.91 Å². The van der Waals surface area contributed by atoms with Crippen molar-refractivity contribution in [3.05, 3.63) is 94.8 Å². The molecule has 0 aliphatic rings. The van der Waals surface area contributed by atoms with Crippen molar-refractivity contribution in [2.75, 3.05) is 6.61 Å². The maximum Gasteiger partial charge on any atom is 0.253 e. The van der Waals surface area contributed by atoms with Gasteiger partial charge in [0, 0.05) is 6.54 Å². The molecule has 1 N–H and O–H groups in total. The maximum absolute atomic E-state index is 12.6. The lowest BCUT2D eigenvalue weighted by Crippen LogP contribution is -2.25. The van der Waals surface area contributed by atoms with Crippen LogP contribution in [0.2, 0.25) is 5.02 Å². The van der Waals surface area contributed by atoms with E-state index in [1.165, 1.54) is 5.56 Å². The number of ether oxygens (including phenoxy) is 1. The van der Waals surface area contributed by atoms with Gasteiger partial charge in [-0.2, -0.15) is 0 Å². The van der Waals surface area contributed by atoms with E-state index < -0.39 is 0 Å². The number of aromatic nitrogens is 2. The minimum absolute atomic E-state index is 0.207. The second-order valence-electron chi connectivity index (χ2n) is 8.61. The van der Waals surface area contributed by atoms with Gasteiger partial charge >= 0.3 is 0 Å². The van der Waals surface area contributed by atoms with Crippen LogP contribution in [-0.4, -0.2) is 22.1 Å². The largest absolute Gasteiger partial charge is 0.494 e. The zero-order valence-electron chi connectivity index (χ0n) is 19.6. The van der Waals surface area contributed by atoms with Gasteiger partial charge in [0.1, 0.15) is 11.6 Å². The van der Waals surface area contributed by atoms with Crippen molar-refractivity contribution in [1.82, 2.24) is 14.9 Å². The summed E-state index contributed by atoms with van der Waals surface area (Å²) in [6.45, 7) is 6.16. The van der Waals surface area contributed by atoms with E-state index >= 15 is 0 Å². The molecule has 1 amide bonds. The Kier molecular flexibility index (Phi) is 7.86. The summed E-state index contributed by atoms with van der Waals surface area (Å²) >= 11 is 6.17. The van der Waals surface area contributed by atoms with Crippen LogP contribution < -0.4 is 10.1 Å². The molecular weight excluding hydrogens is 446 g/mol. The number of fused-ring (bicyclic) bond motifs is 1. The number of hydrogen-bond donors (Lipinski definition) is 1. The Morgan fingerprint density at radius 3 is 2.50 bits per heavy atom. The standard InChI is InChI=1S/C28H30ClN3O2/c1-20(2)21-13-15-22(16-14-21)34-18-8-7-17-32-26-12-6-5-11-25(26)31-27(32)19-30-28(33)23-9-3-4-10-24(23)29/h3-6,9-16,20H,7-8,17-19H2,1-2H3,(H,30,33). The monoisotopic (exact) mass is 475 g/mol. The third kappa shape index (κ3) is 5.78. The van der Waals surface area contributed by atoms with Crippen LogP contribution in [0, 0.1) is 0 Å². The van der Waals surface area contributed by atoms with E-state index in [1.807, 2.05) is 36.4 Å². The average Bonchev–Trinajstić information content (AvgIpc) is 3.20. The van der Waals surface area contributed by atoms with Gasteiger partial charge < -0.3 is 14.6 Å². The Morgan fingerprint density at radius 1 is 1.00 bits per heavy atom. The summed E-state index contributed by atoms with van der Waals surface area (Å²) in [6.07, 6.45) is 1.86. The molecule has 176 valence electrons. The van der Waals surface area contributed by atoms with E-state index in [0.29, 0.717) is 29.7 Å². The highest BCUT2D eigenvalue weighted by molar-refractivity contribution is 6.33. The number of nitrogens with zero attached hydrogens (tertiary/aromatic N) is 2. The number of halogens is 1. The molecule has 34 heavy (non-hydrogen) atoms. The Hall–Kier alpha value is -3.31. The number of hydrogen-bond acceptors (Lipinski definition) is 3. The number of benzene rings is 3. The number of para-hydroxylation sites is 2. The molecule has 0 saturated carbocycles. The second kappa shape index (κ2) is 11.2. The Morgan fingerprint density at radius 2 is 1.74 bits per heavy atom. The fourth-order valence-electron chi connectivity index (χ4n) is 3.92. The fourth-order valence-corrected chi connectivity index (χ4v) is 4.14. The molecule has 0 aliphatic carbocycles. The first-order valence-electron chi connectivity index (χ1n) is 11.7. The smallest absolute Gasteiger partial charge is 0.253 e. The lowest BCUT2D eigenvalue weighted by molar-refractivity contribution is 0.0949. The van der Waals surface area contributed by atoms with E-state index in [2.05, 4.69) is 41.9 Å². The molecule has 6 heteroatoms. The molecule has 4 rings (SSSR count). The minimum Gasteiger partial charge on any atom is -0.494 e. The van der Waals surface area contributed by atoms with Crippen molar-refractivity contribution >= 4 is 28.5 Å². The molecule has 0 spiro atoms. The molecule has 1 aromatic heterocycles. The van der Waals surface area contributed by atoms with Crippen LogP contribution in [0.1, 0.15) is 54.4 Å². The Balaban J connectivity index is 1.35. The van der Waals surface area contributed by atoms with Crippen LogP contribution >= 0.6 is 11.6 Å². The summed E-state index contributed by atoms with van der Waals surface area (Å²) in [5.74, 6) is 2.04. The molecule has 0 fully saturated rings. The molecule has 0 atom stereocenters. The fraction of sp³-hybridized carbons (Fsp3) is 0.286. The molecule has 0 aliphatic heterocycles. The first-order chi connectivity index (χ1) is 16.5. The zero-order chi connectivity index (χ0) is 23.9. The number of amides is 1. The highest BCUT2D eigenvalue weighted by Gasteiger charge is 2.14. The predicted molar refractivity (Wildman–Crippen MR) is 138 cm³/mol. The number of nitrogens with one attached hydrogen (secondary N) is 1. The number of rotatable bonds is 10. The second-order valence-corrected chi connectivity index (χ2v) is 9.02. The third-order valence-electron chi connectivity index (χ3n) is 5.85. The summed E-state index contributed by atoms with van der Waals surface area (Å²) < 4.78 is 8.10. The van der Waals surface area contributed by atoms with Crippen LogP contribution in [0.3, 0.4) is 0 Å². The van der Waals surface area contributed by atoms with Gasteiger partial charge in [-0.15, -0.1) is 0 Å². The zero-order valence-corrected chi connectivity index (χ0v) is 20.4. The van der Waals surface area contributed by atoms with Gasteiger partial charge in [-0.1, -0.05) is 61.8 Å². The Labute approximate surface area is 205 Å². The van der Waals surface area contributed by atoms with Gasteiger partial charge in [-0.3, -0.25) is 4.79 Å².